The molecule has 0 atom stereocenters. The van der Waals surface area contributed by atoms with E-state index in [0.29, 0.717) is 18.7 Å². The van der Waals surface area contributed by atoms with Gasteiger partial charge in [0.1, 0.15) is 5.69 Å². The van der Waals surface area contributed by atoms with Gasteiger partial charge in [-0.25, -0.2) is 13.6 Å². The molecule has 0 bridgehead atoms. The number of carboxylic acids is 1. The second-order valence-corrected chi connectivity index (χ2v) is 3.29. The van der Waals surface area contributed by atoms with E-state index in [-0.39, 0.29) is 11.3 Å². The molecule has 0 aliphatic carbocycles. The van der Waals surface area contributed by atoms with Crippen molar-refractivity contribution in [3.63, 3.8) is 0 Å². The van der Waals surface area contributed by atoms with Gasteiger partial charge in [-0.1, -0.05) is 0 Å². The lowest BCUT2D eigenvalue weighted by atomic mass is 10.2. The molecule has 0 saturated carbocycles. The number of aromatic nitrogens is 1. The summed E-state index contributed by atoms with van der Waals surface area (Å²) < 4.78 is 26.5. The summed E-state index contributed by atoms with van der Waals surface area (Å²) in [5, 5.41) is 8.78. The van der Waals surface area contributed by atoms with Crippen LogP contribution in [0.4, 0.5) is 8.78 Å². The van der Waals surface area contributed by atoms with Crippen LogP contribution >= 0.6 is 0 Å². The first-order valence-corrected chi connectivity index (χ1v) is 4.35. The second-order valence-electron chi connectivity index (χ2n) is 3.29. The number of carboxylic acid groups (broad SMARTS) is 1. The molecule has 0 amide bonds. The highest BCUT2D eigenvalue weighted by Crippen LogP contribution is 2.31. The van der Waals surface area contributed by atoms with Crippen molar-refractivity contribution in [3.05, 3.63) is 23.0 Å². The largest absolute Gasteiger partial charge is 0.477 e. The molecule has 0 spiro atoms. The van der Waals surface area contributed by atoms with Crippen LogP contribution in [-0.4, -0.2) is 15.6 Å². The summed E-state index contributed by atoms with van der Waals surface area (Å²) in [5.41, 5.74) is 0.338. The topological polar surface area (TPSA) is 42.2 Å². The average Bonchev–Trinajstić information content (AvgIpc) is 2.59. The van der Waals surface area contributed by atoms with Crippen LogP contribution in [0, 0.1) is 0 Å². The Bertz CT molecular complexity index is 384. The van der Waals surface area contributed by atoms with Gasteiger partial charge in [0, 0.05) is 17.8 Å². The summed E-state index contributed by atoms with van der Waals surface area (Å²) in [4.78, 5) is 10.7. The molecule has 0 aromatic carbocycles. The number of alkyl halides is 2. The Kier molecular flexibility index (Phi) is 2.02. The molecular formula is C9H9F2NO2. The van der Waals surface area contributed by atoms with E-state index in [9.17, 15) is 13.6 Å². The van der Waals surface area contributed by atoms with Gasteiger partial charge in [0.05, 0.1) is 0 Å². The average molecular weight is 201 g/mol. The molecule has 3 nitrogen and oxygen atoms in total. The van der Waals surface area contributed by atoms with Gasteiger partial charge in [-0.2, -0.15) is 0 Å². The highest BCUT2D eigenvalue weighted by atomic mass is 19.3. The van der Waals surface area contributed by atoms with Crippen molar-refractivity contribution in [2.45, 2.75) is 25.8 Å². The Morgan fingerprint density at radius 3 is 2.86 bits per heavy atom. The predicted octanol–water partition coefficient (Wildman–Crippen LogP) is 2.07. The van der Waals surface area contributed by atoms with Crippen LogP contribution in [0.15, 0.2) is 6.07 Å². The Morgan fingerprint density at radius 2 is 2.29 bits per heavy atom. The SMILES string of the molecule is O=C(O)c1cc(C(F)F)c2n1CCC2. The monoisotopic (exact) mass is 201 g/mol. The quantitative estimate of drug-likeness (QED) is 0.795. The van der Waals surface area contributed by atoms with Crippen molar-refractivity contribution < 1.29 is 18.7 Å². The van der Waals surface area contributed by atoms with E-state index in [1.807, 2.05) is 0 Å². The lowest BCUT2D eigenvalue weighted by Gasteiger charge is -2.00. The number of nitrogens with zero attached hydrogens (tertiary/aromatic N) is 1. The summed E-state index contributed by atoms with van der Waals surface area (Å²) in [7, 11) is 0. The van der Waals surface area contributed by atoms with Crippen LogP contribution in [0.2, 0.25) is 0 Å². The summed E-state index contributed by atoms with van der Waals surface area (Å²) in [6, 6.07) is 1.08. The zero-order chi connectivity index (χ0) is 10.3. The summed E-state index contributed by atoms with van der Waals surface area (Å²) in [6.45, 7) is 0.531. The highest BCUT2D eigenvalue weighted by Gasteiger charge is 2.26. The summed E-state index contributed by atoms with van der Waals surface area (Å²) in [6.07, 6.45) is -1.29. The molecule has 1 N–H and O–H groups in total. The third-order valence-electron chi connectivity index (χ3n) is 2.49. The fraction of sp³-hybridized carbons (Fsp3) is 0.444. The maximum Gasteiger partial charge on any atom is 0.352 e. The molecule has 1 aliphatic rings. The number of hydrogen-bond acceptors (Lipinski definition) is 1. The van der Waals surface area contributed by atoms with Crippen molar-refractivity contribution in [2.24, 2.45) is 0 Å². The van der Waals surface area contributed by atoms with E-state index in [1.165, 1.54) is 4.57 Å². The first-order valence-electron chi connectivity index (χ1n) is 4.35. The Morgan fingerprint density at radius 1 is 1.57 bits per heavy atom. The molecule has 0 radical (unpaired) electrons. The third-order valence-corrected chi connectivity index (χ3v) is 2.49. The number of fused-ring (bicyclic) bond motifs is 1. The molecule has 1 aromatic heterocycles. The number of hydrogen-bond donors (Lipinski definition) is 1. The van der Waals surface area contributed by atoms with Crippen molar-refractivity contribution in [3.8, 4) is 0 Å². The number of halogens is 2. The Labute approximate surface area is 79.0 Å². The molecule has 0 unspecified atom stereocenters. The van der Waals surface area contributed by atoms with Gasteiger partial charge in [0.25, 0.3) is 6.43 Å². The molecule has 0 fully saturated rings. The minimum absolute atomic E-state index is 0.0206. The van der Waals surface area contributed by atoms with Crippen LogP contribution in [0.3, 0.4) is 0 Å². The van der Waals surface area contributed by atoms with Crippen molar-refractivity contribution in [1.82, 2.24) is 4.57 Å². The van der Waals surface area contributed by atoms with Crippen molar-refractivity contribution in [2.75, 3.05) is 0 Å². The molecule has 1 aromatic rings. The smallest absolute Gasteiger partial charge is 0.352 e. The van der Waals surface area contributed by atoms with Gasteiger partial charge in [0.2, 0.25) is 0 Å². The zero-order valence-electron chi connectivity index (χ0n) is 7.33. The highest BCUT2D eigenvalue weighted by molar-refractivity contribution is 5.86. The lowest BCUT2D eigenvalue weighted by molar-refractivity contribution is 0.0685. The second kappa shape index (κ2) is 3.08. The van der Waals surface area contributed by atoms with Gasteiger partial charge in [0.15, 0.2) is 0 Å². The minimum atomic E-state index is -2.58. The van der Waals surface area contributed by atoms with Crippen LogP contribution in [0.5, 0.6) is 0 Å². The van der Waals surface area contributed by atoms with E-state index >= 15 is 0 Å². The van der Waals surface area contributed by atoms with Gasteiger partial charge < -0.3 is 9.67 Å². The summed E-state index contributed by atoms with van der Waals surface area (Å²) in [5.74, 6) is -1.14. The number of carbonyl (C=O) groups is 1. The first-order chi connectivity index (χ1) is 6.61. The molecule has 0 saturated heterocycles. The normalized spacial score (nSPS) is 14.8. The molecule has 2 rings (SSSR count). The van der Waals surface area contributed by atoms with Crippen LogP contribution < -0.4 is 0 Å². The molecular weight excluding hydrogens is 192 g/mol. The fourth-order valence-corrected chi connectivity index (χ4v) is 1.92. The van der Waals surface area contributed by atoms with Crippen molar-refractivity contribution in [1.29, 1.82) is 0 Å². The van der Waals surface area contributed by atoms with Crippen LogP contribution in [-0.2, 0) is 13.0 Å². The van der Waals surface area contributed by atoms with E-state index in [1.54, 1.807) is 0 Å². The van der Waals surface area contributed by atoms with Crippen LogP contribution in [0.25, 0.3) is 0 Å². The molecule has 5 heteroatoms. The van der Waals surface area contributed by atoms with E-state index < -0.39 is 12.4 Å². The Balaban J connectivity index is 2.55. The van der Waals surface area contributed by atoms with Gasteiger partial charge in [-0.15, -0.1) is 0 Å². The van der Waals surface area contributed by atoms with Gasteiger partial charge >= 0.3 is 5.97 Å². The standard InChI is InChI=1S/C9H9F2NO2/c10-8(11)5-4-7(9(13)14)12-3-1-2-6(5)12/h4,8H,1-3H2,(H,13,14). The molecule has 1 aliphatic heterocycles. The Hall–Kier alpha value is -1.39. The molecule has 2 heterocycles. The van der Waals surface area contributed by atoms with Crippen LogP contribution in [0.1, 0.15) is 34.6 Å². The number of aromatic carboxylic acids is 1. The first kappa shape index (κ1) is 9.18. The maximum absolute atomic E-state index is 12.5. The molecule has 76 valence electrons. The van der Waals surface area contributed by atoms with E-state index in [2.05, 4.69) is 0 Å². The summed E-state index contributed by atoms with van der Waals surface area (Å²) >= 11 is 0. The predicted molar refractivity (Wildman–Crippen MR) is 44.7 cm³/mol. The maximum atomic E-state index is 12.5. The minimum Gasteiger partial charge on any atom is -0.477 e. The van der Waals surface area contributed by atoms with Gasteiger partial charge in [-0.05, 0) is 18.9 Å². The lowest BCUT2D eigenvalue weighted by Crippen LogP contribution is -2.05. The third kappa shape index (κ3) is 1.20. The van der Waals surface area contributed by atoms with E-state index in [0.717, 1.165) is 12.5 Å². The molecule has 14 heavy (non-hydrogen) atoms. The fourth-order valence-electron chi connectivity index (χ4n) is 1.92. The van der Waals surface area contributed by atoms with Crippen molar-refractivity contribution >= 4 is 5.97 Å². The van der Waals surface area contributed by atoms with Gasteiger partial charge in [-0.3, -0.25) is 0 Å². The zero-order valence-corrected chi connectivity index (χ0v) is 7.33. The van der Waals surface area contributed by atoms with E-state index in [4.69, 9.17) is 5.11 Å². The number of rotatable bonds is 2.